The van der Waals surface area contributed by atoms with Crippen molar-refractivity contribution in [1.29, 1.82) is 0 Å². The summed E-state index contributed by atoms with van der Waals surface area (Å²) < 4.78 is 5.42. The van der Waals surface area contributed by atoms with Gasteiger partial charge >= 0.3 is 0 Å². The molecular weight excluding hydrogens is 365 g/mol. The molecule has 4 nitrogen and oxygen atoms in total. The van der Waals surface area contributed by atoms with E-state index in [9.17, 15) is 0 Å². The lowest BCUT2D eigenvalue weighted by Gasteiger charge is -2.13. The molecule has 0 unspecified atom stereocenters. The van der Waals surface area contributed by atoms with Crippen molar-refractivity contribution >= 4 is 35.6 Å². The number of halogens is 1. The first kappa shape index (κ1) is 17.2. The van der Waals surface area contributed by atoms with E-state index in [2.05, 4.69) is 10.3 Å². The van der Waals surface area contributed by atoms with E-state index in [1.165, 1.54) is 12.8 Å². The van der Waals surface area contributed by atoms with Crippen LogP contribution in [0.2, 0.25) is 0 Å². The van der Waals surface area contributed by atoms with Crippen molar-refractivity contribution in [1.82, 2.24) is 0 Å². The summed E-state index contributed by atoms with van der Waals surface area (Å²) in [5, 5.41) is 3.11. The molecule has 0 aliphatic heterocycles. The summed E-state index contributed by atoms with van der Waals surface area (Å²) >= 11 is 0. The zero-order chi connectivity index (χ0) is 13.6. The van der Waals surface area contributed by atoms with Crippen LogP contribution in [0, 0.1) is 5.41 Å². The van der Waals surface area contributed by atoms with Crippen LogP contribution in [0.4, 0.5) is 5.69 Å². The molecule has 1 fully saturated rings. The van der Waals surface area contributed by atoms with E-state index in [0.717, 1.165) is 31.9 Å². The van der Waals surface area contributed by atoms with Crippen molar-refractivity contribution in [2.45, 2.75) is 26.2 Å². The van der Waals surface area contributed by atoms with Crippen LogP contribution in [-0.4, -0.2) is 25.7 Å². The highest BCUT2D eigenvalue weighted by Crippen LogP contribution is 2.48. The monoisotopic (exact) mass is 389 g/mol. The second-order valence-corrected chi connectivity index (χ2v) is 5.14. The zero-order valence-electron chi connectivity index (χ0n) is 12.0. The molecule has 1 aromatic carbocycles. The summed E-state index contributed by atoms with van der Waals surface area (Å²) in [6.45, 7) is 4.44. The minimum Gasteiger partial charge on any atom is -0.382 e. The van der Waals surface area contributed by atoms with Crippen LogP contribution < -0.4 is 11.1 Å². The molecular formula is C15H24IN3O. The van der Waals surface area contributed by atoms with Gasteiger partial charge in [0.15, 0.2) is 5.96 Å². The van der Waals surface area contributed by atoms with E-state index >= 15 is 0 Å². The van der Waals surface area contributed by atoms with Crippen LogP contribution in [0.15, 0.2) is 35.3 Å². The summed E-state index contributed by atoms with van der Waals surface area (Å²) in [5.41, 5.74) is 7.22. The Morgan fingerprint density at radius 1 is 1.35 bits per heavy atom. The molecule has 0 radical (unpaired) electrons. The molecule has 20 heavy (non-hydrogen) atoms. The van der Waals surface area contributed by atoms with Crippen molar-refractivity contribution in [3.05, 3.63) is 30.3 Å². The molecule has 0 aromatic heterocycles. The van der Waals surface area contributed by atoms with E-state index in [1.54, 1.807) is 0 Å². The minimum atomic E-state index is 0. The molecule has 5 heteroatoms. The lowest BCUT2D eigenvalue weighted by atomic mass is 10.0. The molecule has 2 rings (SSSR count). The van der Waals surface area contributed by atoms with Gasteiger partial charge < -0.3 is 15.8 Å². The lowest BCUT2D eigenvalue weighted by Crippen LogP contribution is -2.24. The normalized spacial score (nSPS) is 16.4. The third-order valence-corrected chi connectivity index (χ3v) is 3.57. The Hall–Kier alpha value is -0.820. The van der Waals surface area contributed by atoms with Crippen molar-refractivity contribution in [2.75, 3.05) is 25.1 Å². The van der Waals surface area contributed by atoms with Crippen LogP contribution in [0.3, 0.4) is 0 Å². The zero-order valence-corrected chi connectivity index (χ0v) is 14.3. The van der Waals surface area contributed by atoms with Gasteiger partial charge in [0.2, 0.25) is 0 Å². The number of rotatable bonds is 7. The maximum atomic E-state index is 5.90. The molecule has 0 atom stereocenters. The number of para-hydroxylation sites is 1. The van der Waals surface area contributed by atoms with Crippen molar-refractivity contribution < 1.29 is 4.74 Å². The van der Waals surface area contributed by atoms with E-state index in [0.29, 0.717) is 11.4 Å². The first-order valence-corrected chi connectivity index (χ1v) is 6.94. The van der Waals surface area contributed by atoms with Gasteiger partial charge in [-0.3, -0.25) is 4.99 Å². The van der Waals surface area contributed by atoms with Gasteiger partial charge in [0.05, 0.1) is 0 Å². The van der Waals surface area contributed by atoms with Crippen LogP contribution in [-0.2, 0) is 4.74 Å². The second kappa shape index (κ2) is 8.46. The van der Waals surface area contributed by atoms with Gasteiger partial charge in [-0.05, 0) is 43.7 Å². The van der Waals surface area contributed by atoms with Gasteiger partial charge in [-0.2, -0.15) is 0 Å². The van der Waals surface area contributed by atoms with Crippen molar-refractivity contribution in [2.24, 2.45) is 16.1 Å². The Morgan fingerprint density at radius 3 is 2.65 bits per heavy atom. The topological polar surface area (TPSA) is 59.6 Å². The summed E-state index contributed by atoms with van der Waals surface area (Å²) in [4.78, 5) is 4.46. The fraction of sp³-hybridized carbons (Fsp3) is 0.533. The number of hydrogen-bond acceptors (Lipinski definition) is 2. The summed E-state index contributed by atoms with van der Waals surface area (Å²) in [7, 11) is 0. The fourth-order valence-corrected chi connectivity index (χ4v) is 2.06. The third-order valence-electron chi connectivity index (χ3n) is 3.57. The Labute approximate surface area is 138 Å². The number of guanidine groups is 1. The summed E-state index contributed by atoms with van der Waals surface area (Å²) in [6.07, 6.45) is 3.56. The van der Waals surface area contributed by atoms with Gasteiger partial charge in [0.1, 0.15) is 0 Å². The quantitative estimate of drug-likeness (QED) is 0.326. The van der Waals surface area contributed by atoms with E-state index < -0.39 is 0 Å². The number of anilines is 1. The number of hydrogen-bond donors (Lipinski definition) is 2. The van der Waals surface area contributed by atoms with Crippen LogP contribution in [0.25, 0.3) is 0 Å². The molecule has 0 bridgehead atoms. The smallest absolute Gasteiger partial charge is 0.193 e. The van der Waals surface area contributed by atoms with Gasteiger partial charge in [-0.15, -0.1) is 24.0 Å². The number of benzene rings is 1. The Bertz CT molecular complexity index is 418. The van der Waals surface area contributed by atoms with Crippen LogP contribution in [0.5, 0.6) is 0 Å². The Balaban J connectivity index is 0.00000200. The number of ether oxygens (including phenoxy) is 1. The average Bonchev–Trinajstić information content (AvgIpc) is 3.19. The summed E-state index contributed by atoms with van der Waals surface area (Å²) in [6, 6.07) is 9.88. The van der Waals surface area contributed by atoms with E-state index in [1.807, 2.05) is 37.3 Å². The first-order chi connectivity index (χ1) is 9.24. The molecule has 3 N–H and O–H groups in total. The van der Waals surface area contributed by atoms with Crippen molar-refractivity contribution in [3.8, 4) is 0 Å². The van der Waals surface area contributed by atoms with Crippen LogP contribution in [0.1, 0.15) is 26.2 Å². The predicted octanol–water partition coefficient (Wildman–Crippen LogP) is 3.24. The van der Waals surface area contributed by atoms with Gasteiger partial charge in [-0.1, -0.05) is 18.2 Å². The second-order valence-electron chi connectivity index (χ2n) is 5.14. The highest BCUT2D eigenvalue weighted by molar-refractivity contribution is 14.0. The highest BCUT2D eigenvalue weighted by atomic mass is 127. The average molecular weight is 389 g/mol. The maximum Gasteiger partial charge on any atom is 0.193 e. The molecule has 1 aliphatic rings. The molecule has 1 aromatic rings. The van der Waals surface area contributed by atoms with Crippen molar-refractivity contribution in [3.63, 3.8) is 0 Å². The van der Waals surface area contributed by atoms with E-state index in [-0.39, 0.29) is 24.0 Å². The number of aliphatic imine (C=N–C) groups is 1. The SMILES string of the molecule is CCOCCC1(CN=C(N)Nc2ccccc2)CC1.I. The van der Waals surface area contributed by atoms with Gasteiger partial charge in [0, 0.05) is 25.4 Å². The lowest BCUT2D eigenvalue weighted by molar-refractivity contribution is 0.129. The Kier molecular flexibility index (Phi) is 7.29. The molecule has 112 valence electrons. The van der Waals surface area contributed by atoms with Gasteiger partial charge in [-0.25, -0.2) is 0 Å². The molecule has 0 spiro atoms. The molecule has 1 saturated carbocycles. The third kappa shape index (κ3) is 5.66. The first-order valence-electron chi connectivity index (χ1n) is 6.94. The number of nitrogens with two attached hydrogens (primary N) is 1. The minimum absolute atomic E-state index is 0. The van der Waals surface area contributed by atoms with Crippen LogP contribution >= 0.6 is 24.0 Å². The molecule has 0 saturated heterocycles. The number of nitrogens with zero attached hydrogens (tertiary/aromatic N) is 1. The van der Waals surface area contributed by atoms with E-state index in [4.69, 9.17) is 10.5 Å². The number of nitrogens with one attached hydrogen (secondary N) is 1. The van der Waals surface area contributed by atoms with Gasteiger partial charge in [0.25, 0.3) is 0 Å². The predicted molar refractivity (Wildman–Crippen MR) is 94.7 cm³/mol. The maximum absolute atomic E-state index is 5.90. The Morgan fingerprint density at radius 2 is 2.05 bits per heavy atom. The highest BCUT2D eigenvalue weighted by Gasteiger charge is 2.41. The molecule has 0 amide bonds. The summed E-state index contributed by atoms with van der Waals surface area (Å²) in [5.74, 6) is 0.494. The standard InChI is InChI=1S/C15H23N3O.HI/c1-2-19-11-10-15(8-9-15)12-17-14(16)18-13-6-4-3-5-7-13;/h3-7H,2,8-12H2,1H3,(H3,16,17,18);1H. The molecule has 0 heterocycles. The fourth-order valence-electron chi connectivity index (χ4n) is 2.06. The molecule has 1 aliphatic carbocycles. The largest absolute Gasteiger partial charge is 0.382 e.